The van der Waals surface area contributed by atoms with Gasteiger partial charge < -0.3 is 10.1 Å². The first kappa shape index (κ1) is 21.2. The Balaban J connectivity index is 1.65. The molecule has 1 fully saturated rings. The molecule has 3 amide bonds. The Morgan fingerprint density at radius 2 is 1.57 bits per heavy atom. The summed E-state index contributed by atoms with van der Waals surface area (Å²) in [6.45, 7) is 3.58. The Morgan fingerprint density at radius 3 is 2.17 bits per heavy atom. The summed E-state index contributed by atoms with van der Waals surface area (Å²) in [6, 6.07) is 11.9. The van der Waals surface area contributed by atoms with Gasteiger partial charge in [0.25, 0.3) is 5.91 Å². The number of carbonyl (C=O) groups is 4. The number of amides is 3. The molecule has 1 N–H and O–H groups in total. The molecule has 0 radical (unpaired) electrons. The molecule has 30 heavy (non-hydrogen) atoms. The number of imide groups is 1. The fourth-order valence-corrected chi connectivity index (χ4v) is 3.43. The van der Waals surface area contributed by atoms with Crippen molar-refractivity contribution in [3.05, 3.63) is 59.2 Å². The maximum Gasteiger partial charge on any atom is 0.338 e. The van der Waals surface area contributed by atoms with Crippen molar-refractivity contribution in [1.29, 1.82) is 0 Å². The second-order valence-electron chi connectivity index (χ2n) is 6.96. The molecule has 0 spiro atoms. The van der Waals surface area contributed by atoms with Crippen LogP contribution < -0.4 is 10.2 Å². The van der Waals surface area contributed by atoms with E-state index in [-0.39, 0.29) is 30.2 Å². The summed E-state index contributed by atoms with van der Waals surface area (Å²) >= 11 is 0. The van der Waals surface area contributed by atoms with E-state index in [0.29, 0.717) is 5.69 Å². The molecule has 156 valence electrons. The molecule has 1 saturated heterocycles. The largest absolute Gasteiger partial charge is 0.452 e. The number of esters is 1. The molecule has 1 heterocycles. The zero-order valence-corrected chi connectivity index (χ0v) is 17.1. The SMILES string of the molecule is CCc1cccc(CC)c1NC(=O)COC(=O)c1cccc(N2C(=O)CCC2=O)c1. The average Bonchev–Trinajstić information content (AvgIpc) is 3.10. The quantitative estimate of drug-likeness (QED) is 0.561. The van der Waals surface area contributed by atoms with Gasteiger partial charge in [-0.1, -0.05) is 38.1 Å². The van der Waals surface area contributed by atoms with E-state index in [4.69, 9.17) is 4.74 Å². The smallest absolute Gasteiger partial charge is 0.338 e. The van der Waals surface area contributed by atoms with Gasteiger partial charge >= 0.3 is 5.97 Å². The highest BCUT2D eigenvalue weighted by Gasteiger charge is 2.30. The lowest BCUT2D eigenvalue weighted by molar-refractivity contribution is -0.121. The number of nitrogens with zero attached hydrogens (tertiary/aromatic N) is 1. The monoisotopic (exact) mass is 408 g/mol. The summed E-state index contributed by atoms with van der Waals surface area (Å²) in [4.78, 5) is 49.6. The van der Waals surface area contributed by atoms with Crippen LogP contribution in [0.25, 0.3) is 0 Å². The van der Waals surface area contributed by atoms with Gasteiger partial charge in [-0.15, -0.1) is 0 Å². The highest BCUT2D eigenvalue weighted by atomic mass is 16.5. The summed E-state index contributed by atoms with van der Waals surface area (Å²) in [6.07, 6.45) is 1.85. The summed E-state index contributed by atoms with van der Waals surface area (Å²) in [5.74, 6) is -1.73. The number of ether oxygens (including phenoxy) is 1. The molecule has 0 aromatic heterocycles. The third-order valence-electron chi connectivity index (χ3n) is 4.99. The fraction of sp³-hybridized carbons (Fsp3) is 0.304. The molecule has 0 unspecified atom stereocenters. The van der Waals surface area contributed by atoms with Gasteiger partial charge in [-0.3, -0.25) is 19.3 Å². The summed E-state index contributed by atoms with van der Waals surface area (Å²) in [5.41, 5.74) is 3.28. The standard InChI is InChI=1S/C23H24N2O5/c1-3-15-7-5-8-16(4-2)22(15)24-19(26)14-30-23(29)17-9-6-10-18(13-17)25-20(27)11-12-21(25)28/h5-10,13H,3-4,11-12,14H2,1-2H3,(H,24,26). The predicted octanol–water partition coefficient (Wildman–Crippen LogP) is 3.26. The molecule has 0 saturated carbocycles. The lowest BCUT2D eigenvalue weighted by Gasteiger charge is -2.15. The molecule has 7 nitrogen and oxygen atoms in total. The normalized spacial score (nSPS) is 13.5. The second kappa shape index (κ2) is 9.35. The minimum atomic E-state index is -0.703. The lowest BCUT2D eigenvalue weighted by atomic mass is 10.0. The zero-order valence-electron chi connectivity index (χ0n) is 17.1. The van der Waals surface area contributed by atoms with Crippen molar-refractivity contribution in [2.45, 2.75) is 39.5 Å². The van der Waals surface area contributed by atoms with Gasteiger partial charge in [0.05, 0.1) is 11.3 Å². The van der Waals surface area contributed by atoms with Crippen molar-refractivity contribution in [1.82, 2.24) is 0 Å². The lowest BCUT2D eigenvalue weighted by Crippen LogP contribution is -2.28. The summed E-state index contributed by atoms with van der Waals surface area (Å²) in [7, 11) is 0. The van der Waals surface area contributed by atoms with Crippen molar-refractivity contribution in [2.75, 3.05) is 16.8 Å². The van der Waals surface area contributed by atoms with Gasteiger partial charge in [-0.25, -0.2) is 4.79 Å². The number of hydrogen-bond donors (Lipinski definition) is 1. The van der Waals surface area contributed by atoms with E-state index < -0.39 is 18.5 Å². The third-order valence-corrected chi connectivity index (χ3v) is 4.99. The van der Waals surface area contributed by atoms with Gasteiger partial charge in [0.2, 0.25) is 11.8 Å². The van der Waals surface area contributed by atoms with Crippen LogP contribution in [-0.4, -0.2) is 30.3 Å². The van der Waals surface area contributed by atoms with E-state index in [1.165, 1.54) is 12.1 Å². The van der Waals surface area contributed by atoms with E-state index >= 15 is 0 Å². The Hall–Kier alpha value is -3.48. The first-order valence-electron chi connectivity index (χ1n) is 9.98. The molecule has 0 aliphatic carbocycles. The van der Waals surface area contributed by atoms with Crippen LogP contribution in [0.4, 0.5) is 11.4 Å². The van der Waals surface area contributed by atoms with E-state index in [9.17, 15) is 19.2 Å². The van der Waals surface area contributed by atoms with Crippen LogP contribution in [0.1, 0.15) is 48.2 Å². The molecule has 2 aromatic rings. The number of nitrogens with one attached hydrogen (secondary N) is 1. The van der Waals surface area contributed by atoms with Crippen LogP contribution in [0, 0.1) is 0 Å². The van der Waals surface area contributed by atoms with Crippen molar-refractivity contribution >= 4 is 35.1 Å². The van der Waals surface area contributed by atoms with Crippen LogP contribution in [0.3, 0.4) is 0 Å². The van der Waals surface area contributed by atoms with Crippen molar-refractivity contribution in [3.63, 3.8) is 0 Å². The highest BCUT2D eigenvalue weighted by Crippen LogP contribution is 2.24. The Kier molecular flexibility index (Phi) is 6.61. The zero-order chi connectivity index (χ0) is 21.7. The third kappa shape index (κ3) is 4.56. The van der Waals surface area contributed by atoms with Crippen LogP contribution in [0.2, 0.25) is 0 Å². The number of para-hydroxylation sites is 1. The number of hydrogen-bond acceptors (Lipinski definition) is 5. The van der Waals surface area contributed by atoms with Crippen molar-refractivity contribution in [2.24, 2.45) is 0 Å². The molecule has 0 atom stereocenters. The molecule has 0 bridgehead atoms. The second-order valence-corrected chi connectivity index (χ2v) is 6.96. The molecule has 2 aromatic carbocycles. The van der Waals surface area contributed by atoms with Gasteiger partial charge in [-0.2, -0.15) is 0 Å². The van der Waals surface area contributed by atoms with Gasteiger partial charge in [-0.05, 0) is 42.2 Å². The molecular formula is C23H24N2O5. The topological polar surface area (TPSA) is 92.8 Å². The predicted molar refractivity (Wildman–Crippen MR) is 112 cm³/mol. The summed E-state index contributed by atoms with van der Waals surface area (Å²) < 4.78 is 5.14. The van der Waals surface area contributed by atoms with Gasteiger partial charge in [0.1, 0.15) is 0 Å². The minimum absolute atomic E-state index is 0.159. The van der Waals surface area contributed by atoms with Crippen molar-refractivity contribution < 1.29 is 23.9 Å². The van der Waals surface area contributed by atoms with Gasteiger partial charge in [0, 0.05) is 18.5 Å². The van der Waals surface area contributed by atoms with E-state index in [2.05, 4.69) is 5.32 Å². The fourth-order valence-electron chi connectivity index (χ4n) is 3.43. The Bertz CT molecular complexity index is 961. The highest BCUT2D eigenvalue weighted by molar-refractivity contribution is 6.20. The van der Waals surface area contributed by atoms with Gasteiger partial charge in [0.15, 0.2) is 6.61 Å². The number of anilines is 2. The minimum Gasteiger partial charge on any atom is -0.452 e. The van der Waals surface area contributed by atoms with E-state index in [1.807, 2.05) is 32.0 Å². The van der Waals surface area contributed by atoms with Crippen LogP contribution >= 0.6 is 0 Å². The Morgan fingerprint density at radius 1 is 0.967 bits per heavy atom. The maximum atomic E-state index is 12.4. The Labute approximate surface area is 175 Å². The van der Waals surface area contributed by atoms with E-state index in [1.54, 1.807) is 12.1 Å². The number of carbonyl (C=O) groups excluding carboxylic acids is 4. The van der Waals surface area contributed by atoms with Crippen LogP contribution in [0.15, 0.2) is 42.5 Å². The summed E-state index contributed by atoms with van der Waals surface area (Å²) in [5, 5.41) is 2.84. The van der Waals surface area contributed by atoms with Crippen LogP contribution in [-0.2, 0) is 32.0 Å². The molecule has 1 aliphatic heterocycles. The first-order valence-corrected chi connectivity index (χ1v) is 9.98. The molecule has 3 rings (SSSR count). The molecule has 1 aliphatic rings. The molecule has 7 heteroatoms. The van der Waals surface area contributed by atoms with Crippen molar-refractivity contribution in [3.8, 4) is 0 Å². The molecular weight excluding hydrogens is 384 g/mol. The number of rotatable bonds is 7. The maximum absolute atomic E-state index is 12.4. The van der Waals surface area contributed by atoms with E-state index in [0.717, 1.165) is 34.6 Å². The first-order chi connectivity index (χ1) is 14.4. The average molecular weight is 408 g/mol. The number of aryl methyl sites for hydroxylation is 2. The van der Waals surface area contributed by atoms with Crippen LogP contribution in [0.5, 0.6) is 0 Å². The number of benzene rings is 2.